The van der Waals surface area contributed by atoms with Gasteiger partial charge in [0.1, 0.15) is 0 Å². The summed E-state index contributed by atoms with van der Waals surface area (Å²) < 4.78 is 27.5. The van der Waals surface area contributed by atoms with E-state index < -0.39 is 10.0 Å². The summed E-state index contributed by atoms with van der Waals surface area (Å²) in [5.74, 6) is 0.588. The van der Waals surface area contributed by atoms with Gasteiger partial charge in [-0.3, -0.25) is 9.69 Å². The number of benzene rings is 1. The predicted octanol–water partition coefficient (Wildman–Crippen LogP) is 3.22. The summed E-state index contributed by atoms with van der Waals surface area (Å²) in [6.07, 6.45) is 8.02. The van der Waals surface area contributed by atoms with Crippen LogP contribution in [-0.2, 0) is 10.0 Å². The van der Waals surface area contributed by atoms with Gasteiger partial charge in [0.2, 0.25) is 10.0 Å². The van der Waals surface area contributed by atoms with Crippen molar-refractivity contribution >= 4 is 15.8 Å². The summed E-state index contributed by atoms with van der Waals surface area (Å²) in [7, 11) is -3.49. The molecule has 1 aromatic carbocycles. The molecule has 1 N–H and O–H groups in total. The molecule has 4 rings (SSSR count). The summed E-state index contributed by atoms with van der Waals surface area (Å²) in [4.78, 5) is 18.4. The minimum atomic E-state index is -3.49. The first-order valence-corrected chi connectivity index (χ1v) is 15.1. The normalized spacial score (nSPS) is 23.4. The van der Waals surface area contributed by atoms with Crippen LogP contribution in [0, 0.1) is 5.92 Å². The molecule has 0 spiro atoms. The average molecular weight is 505 g/mol. The molecule has 196 valence electrons. The van der Waals surface area contributed by atoms with Crippen molar-refractivity contribution in [3.8, 4) is 0 Å². The highest BCUT2D eigenvalue weighted by Gasteiger charge is 2.39. The van der Waals surface area contributed by atoms with Gasteiger partial charge >= 0.3 is 0 Å². The van der Waals surface area contributed by atoms with E-state index in [-0.39, 0.29) is 22.8 Å². The molecule has 2 saturated heterocycles. The number of piperazine rings is 1. The van der Waals surface area contributed by atoms with Gasteiger partial charge in [-0.15, -0.1) is 0 Å². The maximum absolute atomic E-state index is 13.0. The predicted molar refractivity (Wildman–Crippen MR) is 140 cm³/mol. The Morgan fingerprint density at radius 1 is 0.971 bits per heavy atom. The fraction of sp³-hybridized carbons (Fsp3) is 0.741. The molecule has 1 saturated carbocycles. The van der Waals surface area contributed by atoms with Crippen molar-refractivity contribution in [1.29, 1.82) is 0 Å². The van der Waals surface area contributed by atoms with E-state index in [9.17, 15) is 13.2 Å². The number of nitrogens with one attached hydrogen (secondary N) is 1. The highest BCUT2D eigenvalue weighted by molar-refractivity contribution is 7.89. The minimum Gasteiger partial charge on any atom is -0.308 e. The van der Waals surface area contributed by atoms with Gasteiger partial charge in [-0.2, -0.15) is 4.31 Å². The smallest absolute Gasteiger partial charge is 0.243 e. The van der Waals surface area contributed by atoms with Gasteiger partial charge in [-0.1, -0.05) is 45.2 Å². The van der Waals surface area contributed by atoms with Crippen molar-refractivity contribution in [2.24, 2.45) is 5.92 Å². The number of rotatable bonds is 9. The standard InChI is InChI=1S/C27H44N4O3S/c1-3-29-17-19-30(20-18-29)27(13-5-4-6-14-27)22-28-21-26(32)24-7-9-25(10-8-24)35(33,34)31-15-11-23(2)12-16-31/h7-10,23,28H,3-6,11-22H2,1-2H3. The molecule has 0 radical (unpaired) electrons. The number of carbonyl (C=O) groups excluding carboxylic acids is 1. The Balaban J connectivity index is 1.33. The lowest BCUT2D eigenvalue weighted by molar-refractivity contribution is 0.00929. The zero-order valence-corrected chi connectivity index (χ0v) is 22.5. The largest absolute Gasteiger partial charge is 0.308 e. The molecular weight excluding hydrogens is 460 g/mol. The number of hydrogen-bond donors (Lipinski definition) is 1. The van der Waals surface area contributed by atoms with Crippen molar-refractivity contribution in [2.75, 3.05) is 58.9 Å². The van der Waals surface area contributed by atoms with Crippen LogP contribution < -0.4 is 5.32 Å². The van der Waals surface area contributed by atoms with Gasteiger partial charge in [-0.05, 0) is 50.3 Å². The molecule has 1 aliphatic carbocycles. The molecule has 3 aliphatic rings. The summed E-state index contributed by atoms with van der Waals surface area (Å²) in [5.41, 5.74) is 0.723. The number of piperidine rings is 1. The van der Waals surface area contributed by atoms with Gasteiger partial charge in [0.15, 0.2) is 5.78 Å². The number of nitrogens with zero attached hydrogens (tertiary/aromatic N) is 3. The Morgan fingerprint density at radius 2 is 1.60 bits per heavy atom. The van der Waals surface area contributed by atoms with E-state index in [0.717, 1.165) is 52.1 Å². The zero-order valence-electron chi connectivity index (χ0n) is 21.7. The van der Waals surface area contributed by atoms with Crippen LogP contribution in [0.15, 0.2) is 29.2 Å². The Kier molecular flexibility index (Phi) is 9.03. The fourth-order valence-corrected chi connectivity index (χ4v) is 7.52. The molecule has 35 heavy (non-hydrogen) atoms. The lowest BCUT2D eigenvalue weighted by Gasteiger charge is -2.50. The number of sulfonamides is 1. The van der Waals surface area contributed by atoms with E-state index >= 15 is 0 Å². The van der Waals surface area contributed by atoms with Crippen LogP contribution in [-0.4, -0.2) is 92.7 Å². The maximum atomic E-state index is 13.0. The summed E-state index contributed by atoms with van der Waals surface area (Å²) in [6, 6.07) is 6.53. The first-order chi connectivity index (χ1) is 16.8. The van der Waals surface area contributed by atoms with E-state index in [1.54, 1.807) is 28.6 Å². The lowest BCUT2D eigenvalue weighted by atomic mass is 9.79. The second-order valence-corrected chi connectivity index (χ2v) is 12.8. The van der Waals surface area contributed by atoms with Crippen LogP contribution in [0.1, 0.15) is 69.2 Å². The average Bonchev–Trinajstić information content (AvgIpc) is 2.89. The molecule has 2 heterocycles. The van der Waals surface area contributed by atoms with Crippen LogP contribution in [0.2, 0.25) is 0 Å². The third-order valence-electron chi connectivity index (χ3n) is 8.57. The van der Waals surface area contributed by atoms with Crippen LogP contribution in [0.4, 0.5) is 0 Å². The summed E-state index contributed by atoms with van der Waals surface area (Å²) in [6.45, 7) is 12.3. The van der Waals surface area contributed by atoms with Crippen molar-refractivity contribution in [1.82, 2.24) is 19.4 Å². The van der Waals surface area contributed by atoms with Crippen LogP contribution >= 0.6 is 0 Å². The Morgan fingerprint density at radius 3 is 2.20 bits per heavy atom. The molecule has 3 fully saturated rings. The quantitative estimate of drug-likeness (QED) is 0.521. The summed E-state index contributed by atoms with van der Waals surface area (Å²) >= 11 is 0. The molecule has 1 aromatic rings. The van der Waals surface area contributed by atoms with Gasteiger partial charge in [-0.25, -0.2) is 8.42 Å². The number of Topliss-reactive ketones (excluding diaryl/α,β-unsaturated/α-hetero) is 1. The van der Waals surface area contributed by atoms with E-state index in [1.807, 2.05) is 0 Å². The van der Waals surface area contributed by atoms with Gasteiger partial charge in [0.25, 0.3) is 0 Å². The monoisotopic (exact) mass is 504 g/mol. The molecule has 8 heteroatoms. The Hall–Kier alpha value is -1.32. The van der Waals surface area contributed by atoms with Crippen LogP contribution in [0.3, 0.4) is 0 Å². The van der Waals surface area contributed by atoms with E-state index in [0.29, 0.717) is 24.6 Å². The summed E-state index contributed by atoms with van der Waals surface area (Å²) in [5, 5.41) is 3.49. The lowest BCUT2D eigenvalue weighted by Crippen LogP contribution is -2.61. The topological polar surface area (TPSA) is 73.0 Å². The van der Waals surface area contributed by atoms with E-state index in [1.165, 1.54) is 32.1 Å². The van der Waals surface area contributed by atoms with Crippen LogP contribution in [0.5, 0.6) is 0 Å². The number of carbonyl (C=O) groups is 1. The molecule has 0 bridgehead atoms. The number of ketones is 1. The minimum absolute atomic E-state index is 0.0162. The molecule has 0 amide bonds. The number of likely N-dealkylation sites (N-methyl/N-ethyl adjacent to an activating group) is 1. The van der Waals surface area contributed by atoms with Crippen molar-refractivity contribution in [3.63, 3.8) is 0 Å². The first-order valence-electron chi connectivity index (χ1n) is 13.7. The molecule has 2 aliphatic heterocycles. The SMILES string of the molecule is CCN1CCN(C2(CNCC(=O)c3ccc(S(=O)(=O)N4CCC(C)CC4)cc3)CCCCC2)CC1. The first kappa shape index (κ1) is 26.7. The van der Waals surface area contributed by atoms with Crippen molar-refractivity contribution < 1.29 is 13.2 Å². The second kappa shape index (κ2) is 11.8. The van der Waals surface area contributed by atoms with Crippen molar-refractivity contribution in [3.05, 3.63) is 29.8 Å². The highest BCUT2D eigenvalue weighted by atomic mass is 32.2. The Labute approximate surface area is 212 Å². The Bertz CT molecular complexity index is 928. The third-order valence-corrected chi connectivity index (χ3v) is 10.5. The second-order valence-electron chi connectivity index (χ2n) is 10.8. The highest BCUT2D eigenvalue weighted by Crippen LogP contribution is 2.34. The fourth-order valence-electron chi connectivity index (χ4n) is 6.05. The molecular formula is C27H44N4O3S. The van der Waals surface area contributed by atoms with Gasteiger partial charge < -0.3 is 10.2 Å². The molecule has 0 unspecified atom stereocenters. The van der Waals surface area contributed by atoms with Gasteiger partial charge in [0.05, 0.1) is 11.4 Å². The number of hydrogen-bond acceptors (Lipinski definition) is 6. The molecule has 0 aromatic heterocycles. The van der Waals surface area contributed by atoms with Crippen LogP contribution in [0.25, 0.3) is 0 Å². The van der Waals surface area contributed by atoms with E-state index in [2.05, 4.69) is 29.0 Å². The zero-order chi connectivity index (χ0) is 24.9. The molecule has 0 atom stereocenters. The van der Waals surface area contributed by atoms with Gasteiger partial charge in [0, 0.05) is 56.9 Å². The van der Waals surface area contributed by atoms with E-state index in [4.69, 9.17) is 0 Å². The maximum Gasteiger partial charge on any atom is 0.243 e. The third kappa shape index (κ3) is 6.34. The molecule has 7 nitrogen and oxygen atoms in total. The van der Waals surface area contributed by atoms with Crippen molar-refractivity contribution in [2.45, 2.75) is 69.2 Å².